The Kier molecular flexibility index (Phi) is 6.63. The zero-order chi connectivity index (χ0) is 19.4. The second-order valence-corrected chi connectivity index (χ2v) is 7.51. The van der Waals surface area contributed by atoms with Gasteiger partial charge in [0.15, 0.2) is 0 Å². The number of likely N-dealkylation sites (N-methyl/N-ethyl adjacent to an activating group) is 1. The lowest BCUT2D eigenvalue weighted by molar-refractivity contribution is -0.133. The molecule has 0 aromatic rings. The Morgan fingerprint density at radius 3 is 2.58 bits per heavy atom. The summed E-state index contributed by atoms with van der Waals surface area (Å²) in [5.74, 6) is -1.33. The molecule has 0 heterocycles. The highest BCUT2D eigenvalue weighted by Crippen LogP contribution is 2.41. The van der Waals surface area contributed by atoms with Crippen LogP contribution in [0, 0.1) is 11.8 Å². The van der Waals surface area contributed by atoms with Crippen LogP contribution in [0.1, 0.15) is 59.3 Å². The molecule has 0 aliphatic heterocycles. The van der Waals surface area contributed by atoms with Gasteiger partial charge in [0.05, 0.1) is 11.3 Å². The molecule has 0 saturated heterocycles. The van der Waals surface area contributed by atoms with Crippen LogP contribution in [0.4, 0.5) is 0 Å². The maximum Gasteiger partial charge on any atom is 0.233 e. The average molecular weight is 357 g/mol. The Morgan fingerprint density at radius 2 is 2.00 bits per heavy atom. The number of Topliss-reactive ketones (excluding diaryl/α,β-unsaturated/α-hetero) is 2. The van der Waals surface area contributed by atoms with E-state index in [2.05, 4.69) is 18.8 Å². The molecule has 2 atom stereocenters. The number of carbonyl (C=O) groups excluding carboxylic acids is 2. The van der Waals surface area contributed by atoms with Gasteiger partial charge in [-0.2, -0.15) is 0 Å². The normalized spacial score (nSPS) is 24.1. The van der Waals surface area contributed by atoms with Crippen LogP contribution in [-0.2, 0) is 9.59 Å². The van der Waals surface area contributed by atoms with Crippen molar-refractivity contribution in [2.45, 2.75) is 59.3 Å². The molecular weight excluding hydrogens is 326 g/mol. The molecule has 2 rings (SSSR count). The van der Waals surface area contributed by atoms with Gasteiger partial charge in [-0.3, -0.25) is 9.59 Å². The van der Waals surface area contributed by atoms with Crippen LogP contribution in [0.2, 0.25) is 0 Å². The maximum absolute atomic E-state index is 12.9. The van der Waals surface area contributed by atoms with Gasteiger partial charge in [0.25, 0.3) is 0 Å². The quantitative estimate of drug-likeness (QED) is 0.303. The Labute approximate surface area is 156 Å². The number of nitrogens with one attached hydrogen (secondary N) is 1. The van der Waals surface area contributed by atoms with Crippen molar-refractivity contribution in [3.05, 3.63) is 46.4 Å². The molecular formula is C22H31NO3. The summed E-state index contributed by atoms with van der Waals surface area (Å²) in [5, 5.41) is 13.9. The van der Waals surface area contributed by atoms with Gasteiger partial charge in [-0.1, -0.05) is 43.6 Å². The summed E-state index contributed by atoms with van der Waals surface area (Å²) in [5.41, 5.74) is 3.21. The predicted octanol–water partition coefficient (Wildman–Crippen LogP) is 4.55. The van der Waals surface area contributed by atoms with Gasteiger partial charge in [0.2, 0.25) is 11.6 Å². The molecule has 0 bridgehead atoms. The molecule has 0 fully saturated rings. The highest BCUT2D eigenvalue weighted by atomic mass is 16.3. The third-order valence-corrected chi connectivity index (χ3v) is 5.51. The Balaban J connectivity index is 2.54. The fraction of sp³-hybridized carbons (Fsp3) is 0.545. The molecule has 0 radical (unpaired) electrons. The number of allylic oxidation sites excluding steroid dienone is 5. The molecule has 142 valence electrons. The van der Waals surface area contributed by atoms with Crippen LogP contribution in [0.25, 0.3) is 0 Å². The Morgan fingerprint density at radius 1 is 1.31 bits per heavy atom. The van der Waals surface area contributed by atoms with E-state index in [1.165, 1.54) is 5.57 Å². The van der Waals surface area contributed by atoms with Crippen LogP contribution in [-0.4, -0.2) is 23.7 Å². The van der Waals surface area contributed by atoms with E-state index in [1.54, 1.807) is 7.05 Å². The third-order valence-electron chi connectivity index (χ3n) is 5.51. The molecule has 0 spiro atoms. The molecule has 2 aliphatic carbocycles. The van der Waals surface area contributed by atoms with Crippen molar-refractivity contribution in [3.8, 4) is 0 Å². The van der Waals surface area contributed by atoms with Gasteiger partial charge < -0.3 is 10.4 Å². The molecule has 4 heteroatoms. The van der Waals surface area contributed by atoms with E-state index in [1.807, 2.05) is 19.9 Å². The SMILES string of the molecule is C=C(C)C1CCC(C)=C[C@H]1C1=C(O)C(NC)=C(CCCCC)C(=O)C1=O. The second-order valence-electron chi connectivity index (χ2n) is 7.51. The van der Waals surface area contributed by atoms with Crippen LogP contribution in [0.5, 0.6) is 0 Å². The van der Waals surface area contributed by atoms with Crippen molar-refractivity contribution in [2.24, 2.45) is 11.8 Å². The molecule has 4 nitrogen and oxygen atoms in total. The summed E-state index contributed by atoms with van der Waals surface area (Å²) in [6.07, 6.45) is 7.20. The van der Waals surface area contributed by atoms with E-state index in [0.29, 0.717) is 17.7 Å². The lowest BCUT2D eigenvalue weighted by atomic mass is 9.70. The Hall–Kier alpha value is -2.10. The van der Waals surface area contributed by atoms with Crippen molar-refractivity contribution < 1.29 is 14.7 Å². The lowest BCUT2D eigenvalue weighted by Gasteiger charge is -2.33. The standard InChI is InChI=1S/C22H31NO3/c1-6-7-8-9-16-19(23-5)21(25)18(22(26)20(16)24)17-12-14(4)10-11-15(17)13(2)3/h12,15,17,23,25H,2,6-11H2,1,3-5H3/t15?,17-/m1/s1. The van der Waals surface area contributed by atoms with Crippen molar-refractivity contribution >= 4 is 11.6 Å². The van der Waals surface area contributed by atoms with E-state index in [-0.39, 0.29) is 23.2 Å². The summed E-state index contributed by atoms with van der Waals surface area (Å²) in [6.45, 7) is 10.1. The molecule has 0 aromatic heterocycles. The highest BCUT2D eigenvalue weighted by molar-refractivity contribution is 6.50. The first-order valence-corrected chi connectivity index (χ1v) is 9.59. The second kappa shape index (κ2) is 8.52. The van der Waals surface area contributed by atoms with Gasteiger partial charge in [0.1, 0.15) is 5.76 Å². The van der Waals surface area contributed by atoms with E-state index < -0.39 is 11.6 Å². The van der Waals surface area contributed by atoms with Gasteiger partial charge in [0, 0.05) is 18.5 Å². The first-order chi connectivity index (χ1) is 12.3. The fourth-order valence-corrected chi connectivity index (χ4v) is 4.03. The lowest BCUT2D eigenvalue weighted by Crippen LogP contribution is -2.35. The number of aliphatic hydroxyl groups is 1. The predicted molar refractivity (Wildman–Crippen MR) is 105 cm³/mol. The van der Waals surface area contributed by atoms with Gasteiger partial charge in [-0.25, -0.2) is 0 Å². The first-order valence-electron chi connectivity index (χ1n) is 9.59. The van der Waals surface area contributed by atoms with E-state index in [0.717, 1.165) is 37.7 Å². The first kappa shape index (κ1) is 20.2. The molecule has 2 N–H and O–H groups in total. The zero-order valence-electron chi connectivity index (χ0n) is 16.4. The molecule has 0 aromatic carbocycles. The minimum atomic E-state index is -0.560. The van der Waals surface area contributed by atoms with Crippen molar-refractivity contribution in [3.63, 3.8) is 0 Å². The number of aliphatic hydroxyl groups excluding tert-OH is 1. The molecule has 0 amide bonds. The average Bonchev–Trinajstić information content (AvgIpc) is 2.59. The van der Waals surface area contributed by atoms with E-state index in [9.17, 15) is 14.7 Å². The monoisotopic (exact) mass is 357 g/mol. The van der Waals surface area contributed by atoms with Crippen LogP contribution >= 0.6 is 0 Å². The molecule has 0 saturated carbocycles. The molecule has 2 aliphatic rings. The van der Waals surface area contributed by atoms with E-state index in [4.69, 9.17) is 0 Å². The summed E-state index contributed by atoms with van der Waals surface area (Å²) in [6, 6.07) is 0. The maximum atomic E-state index is 12.9. The van der Waals surface area contributed by atoms with Crippen molar-refractivity contribution in [1.29, 1.82) is 0 Å². The van der Waals surface area contributed by atoms with Gasteiger partial charge >= 0.3 is 0 Å². The number of rotatable bonds is 7. The Bertz CT molecular complexity index is 709. The highest BCUT2D eigenvalue weighted by Gasteiger charge is 2.40. The van der Waals surface area contributed by atoms with Crippen LogP contribution in [0.15, 0.2) is 46.4 Å². The molecule has 1 unspecified atom stereocenters. The number of hydrogen-bond acceptors (Lipinski definition) is 4. The zero-order valence-corrected chi connectivity index (χ0v) is 16.4. The summed E-state index contributed by atoms with van der Waals surface area (Å²) in [7, 11) is 1.68. The minimum Gasteiger partial charge on any atom is -0.505 e. The fourth-order valence-electron chi connectivity index (χ4n) is 4.03. The number of ketones is 2. The van der Waals surface area contributed by atoms with E-state index >= 15 is 0 Å². The van der Waals surface area contributed by atoms with Gasteiger partial charge in [-0.15, -0.1) is 0 Å². The van der Waals surface area contributed by atoms with Crippen LogP contribution in [0.3, 0.4) is 0 Å². The smallest absolute Gasteiger partial charge is 0.233 e. The minimum absolute atomic E-state index is 0.0624. The van der Waals surface area contributed by atoms with Crippen molar-refractivity contribution in [1.82, 2.24) is 5.32 Å². The number of hydrogen-bond donors (Lipinski definition) is 2. The summed E-state index contributed by atoms with van der Waals surface area (Å²) in [4.78, 5) is 25.7. The number of unbranched alkanes of at least 4 members (excludes halogenated alkanes) is 2. The number of carbonyl (C=O) groups is 2. The van der Waals surface area contributed by atoms with Crippen molar-refractivity contribution in [2.75, 3.05) is 7.05 Å². The third kappa shape index (κ3) is 3.84. The summed E-state index contributed by atoms with van der Waals surface area (Å²) < 4.78 is 0. The van der Waals surface area contributed by atoms with Gasteiger partial charge in [-0.05, 0) is 45.4 Å². The van der Waals surface area contributed by atoms with Crippen LogP contribution < -0.4 is 5.32 Å². The topological polar surface area (TPSA) is 66.4 Å². The summed E-state index contributed by atoms with van der Waals surface area (Å²) >= 11 is 0. The largest absolute Gasteiger partial charge is 0.505 e. The molecule has 26 heavy (non-hydrogen) atoms.